The van der Waals surface area contributed by atoms with E-state index in [0.717, 1.165) is 30.8 Å². The summed E-state index contributed by atoms with van der Waals surface area (Å²) in [7, 11) is 1.72. The number of aromatic nitrogens is 1. The maximum atomic E-state index is 10.1. The van der Waals surface area contributed by atoms with Crippen molar-refractivity contribution in [3.05, 3.63) is 95.2 Å². The number of methoxy groups -OCH3 is 1. The van der Waals surface area contributed by atoms with Crippen LogP contribution < -0.4 is 4.74 Å². The number of ether oxygens (including phenoxy) is 1. The smallest absolute Gasteiger partial charge is 0.123 e. The van der Waals surface area contributed by atoms with Crippen LogP contribution in [0.1, 0.15) is 28.4 Å². The minimum atomic E-state index is 0.0446. The number of aromatic hydroxyl groups is 1. The zero-order chi connectivity index (χ0) is 19.8. The third-order valence-electron chi connectivity index (χ3n) is 5.89. The molecule has 0 aliphatic carbocycles. The molecule has 0 fully saturated rings. The number of H-pyrrole nitrogens is 1. The van der Waals surface area contributed by atoms with Crippen molar-refractivity contribution >= 4 is 10.9 Å². The summed E-state index contributed by atoms with van der Waals surface area (Å²) in [5, 5.41) is 11.4. The molecule has 0 spiro atoms. The lowest BCUT2D eigenvalue weighted by atomic mass is 9.91. The molecule has 29 heavy (non-hydrogen) atoms. The Morgan fingerprint density at radius 3 is 2.72 bits per heavy atom. The summed E-state index contributed by atoms with van der Waals surface area (Å²) in [6, 6.07) is 24.4. The molecule has 1 unspecified atom stereocenters. The molecule has 1 atom stereocenters. The van der Waals surface area contributed by atoms with Crippen LogP contribution in [0, 0.1) is 0 Å². The maximum absolute atomic E-state index is 10.1. The number of nitrogens with zero attached hydrogens (tertiary/aromatic N) is 1. The summed E-state index contributed by atoms with van der Waals surface area (Å²) in [5.41, 5.74) is 6.03. The van der Waals surface area contributed by atoms with Gasteiger partial charge in [-0.2, -0.15) is 0 Å². The molecule has 4 nitrogen and oxygen atoms in total. The minimum Gasteiger partial charge on any atom is -0.508 e. The molecule has 3 aromatic carbocycles. The van der Waals surface area contributed by atoms with E-state index in [9.17, 15) is 5.11 Å². The van der Waals surface area contributed by atoms with E-state index in [1.165, 1.54) is 27.7 Å². The normalized spacial score (nSPS) is 16.7. The second-order valence-corrected chi connectivity index (χ2v) is 7.59. The number of benzene rings is 3. The van der Waals surface area contributed by atoms with Gasteiger partial charge in [-0.3, -0.25) is 4.90 Å². The van der Waals surface area contributed by atoms with Gasteiger partial charge in [-0.1, -0.05) is 48.5 Å². The molecule has 2 N–H and O–H groups in total. The van der Waals surface area contributed by atoms with Gasteiger partial charge in [-0.05, 0) is 41.8 Å². The lowest BCUT2D eigenvalue weighted by molar-refractivity contribution is 0.199. The fraction of sp³-hybridized carbons (Fsp3) is 0.200. The average Bonchev–Trinajstić information content (AvgIpc) is 3.12. The lowest BCUT2D eigenvalue weighted by Gasteiger charge is -2.36. The van der Waals surface area contributed by atoms with E-state index in [4.69, 9.17) is 4.74 Å². The maximum Gasteiger partial charge on any atom is 0.123 e. The summed E-state index contributed by atoms with van der Waals surface area (Å²) in [6.07, 6.45) is 0.990. The van der Waals surface area contributed by atoms with Gasteiger partial charge in [0.1, 0.15) is 11.5 Å². The van der Waals surface area contributed by atoms with Crippen LogP contribution in [0.3, 0.4) is 0 Å². The summed E-state index contributed by atoms with van der Waals surface area (Å²) in [4.78, 5) is 6.14. The van der Waals surface area contributed by atoms with Gasteiger partial charge in [0.25, 0.3) is 0 Å². The predicted octanol–water partition coefficient (Wildman–Crippen LogP) is 5.03. The van der Waals surface area contributed by atoms with E-state index in [-0.39, 0.29) is 6.04 Å². The van der Waals surface area contributed by atoms with Gasteiger partial charge >= 0.3 is 0 Å². The first kappa shape index (κ1) is 17.8. The van der Waals surface area contributed by atoms with Crippen molar-refractivity contribution in [2.75, 3.05) is 13.7 Å². The molecule has 0 amide bonds. The SMILES string of the molecule is COc1ccccc1CN1CCc2c([nH]c3ccccc23)C1c1cccc(O)c1. The van der Waals surface area contributed by atoms with Gasteiger partial charge in [-0.15, -0.1) is 0 Å². The predicted molar refractivity (Wildman–Crippen MR) is 115 cm³/mol. The van der Waals surface area contributed by atoms with Crippen molar-refractivity contribution in [3.63, 3.8) is 0 Å². The molecule has 1 aliphatic rings. The molecule has 1 aromatic heterocycles. The molecule has 5 rings (SSSR count). The van der Waals surface area contributed by atoms with Crippen molar-refractivity contribution in [2.45, 2.75) is 19.0 Å². The summed E-state index contributed by atoms with van der Waals surface area (Å²) >= 11 is 0. The second-order valence-electron chi connectivity index (χ2n) is 7.59. The second kappa shape index (κ2) is 7.30. The number of para-hydroxylation sites is 2. The number of phenolic OH excluding ortho intramolecular Hbond substituents is 1. The highest BCUT2D eigenvalue weighted by molar-refractivity contribution is 5.85. The Hall–Kier alpha value is -3.24. The fourth-order valence-electron chi connectivity index (χ4n) is 4.59. The number of hydrogen-bond donors (Lipinski definition) is 2. The molecule has 1 aliphatic heterocycles. The van der Waals surface area contributed by atoms with Crippen molar-refractivity contribution in [2.24, 2.45) is 0 Å². The van der Waals surface area contributed by atoms with Crippen LogP contribution in [-0.2, 0) is 13.0 Å². The highest BCUT2D eigenvalue weighted by Gasteiger charge is 2.32. The molecule has 2 heterocycles. The standard InChI is InChI=1S/C25H24N2O2/c1-29-23-12-5-2-7-18(23)16-27-14-13-21-20-10-3-4-11-22(20)26-24(21)25(27)17-8-6-9-19(28)15-17/h2-12,15,25-26,28H,13-14,16H2,1H3. The Balaban J connectivity index is 1.63. The minimum absolute atomic E-state index is 0.0446. The van der Waals surface area contributed by atoms with E-state index >= 15 is 0 Å². The van der Waals surface area contributed by atoms with Crippen LogP contribution in [-0.4, -0.2) is 28.6 Å². The highest BCUT2D eigenvalue weighted by Crippen LogP contribution is 2.40. The van der Waals surface area contributed by atoms with Crippen molar-refractivity contribution in [3.8, 4) is 11.5 Å². The van der Waals surface area contributed by atoms with Gasteiger partial charge in [0.15, 0.2) is 0 Å². The van der Waals surface area contributed by atoms with E-state index in [1.54, 1.807) is 13.2 Å². The number of phenols is 1. The molecule has 146 valence electrons. The summed E-state index contributed by atoms with van der Waals surface area (Å²) < 4.78 is 5.59. The summed E-state index contributed by atoms with van der Waals surface area (Å²) in [6.45, 7) is 1.71. The van der Waals surface area contributed by atoms with Crippen molar-refractivity contribution < 1.29 is 9.84 Å². The van der Waals surface area contributed by atoms with Crippen molar-refractivity contribution in [1.29, 1.82) is 0 Å². The zero-order valence-electron chi connectivity index (χ0n) is 16.4. The van der Waals surface area contributed by atoms with E-state index < -0.39 is 0 Å². The van der Waals surface area contributed by atoms with Crippen LogP contribution in [0.25, 0.3) is 10.9 Å². The third-order valence-corrected chi connectivity index (χ3v) is 5.89. The first-order valence-corrected chi connectivity index (χ1v) is 9.99. The Morgan fingerprint density at radius 2 is 1.86 bits per heavy atom. The van der Waals surface area contributed by atoms with Crippen molar-refractivity contribution in [1.82, 2.24) is 9.88 Å². The first-order chi connectivity index (χ1) is 14.2. The molecule has 4 aromatic rings. The van der Waals surface area contributed by atoms with Crippen LogP contribution in [0.5, 0.6) is 11.5 Å². The molecule has 0 saturated carbocycles. The van der Waals surface area contributed by atoms with Gasteiger partial charge in [-0.25, -0.2) is 0 Å². The highest BCUT2D eigenvalue weighted by atomic mass is 16.5. The average molecular weight is 384 g/mol. The molecule has 0 radical (unpaired) electrons. The van der Waals surface area contributed by atoms with Crippen LogP contribution >= 0.6 is 0 Å². The fourth-order valence-corrected chi connectivity index (χ4v) is 4.59. The van der Waals surface area contributed by atoms with Crippen LogP contribution in [0.15, 0.2) is 72.8 Å². The molecular formula is C25H24N2O2. The van der Waals surface area contributed by atoms with Gasteiger partial charge < -0.3 is 14.8 Å². The lowest BCUT2D eigenvalue weighted by Crippen LogP contribution is -2.35. The van der Waals surface area contributed by atoms with E-state index in [1.807, 2.05) is 24.3 Å². The van der Waals surface area contributed by atoms with Crippen LogP contribution in [0.4, 0.5) is 0 Å². The van der Waals surface area contributed by atoms with Gasteiger partial charge in [0.2, 0.25) is 0 Å². The summed E-state index contributed by atoms with van der Waals surface area (Å²) in [5.74, 6) is 1.20. The Kier molecular flexibility index (Phi) is 4.49. The van der Waals surface area contributed by atoms with E-state index in [2.05, 4.69) is 52.3 Å². The quantitative estimate of drug-likeness (QED) is 0.519. The molecular weight excluding hydrogens is 360 g/mol. The number of fused-ring (bicyclic) bond motifs is 3. The number of nitrogens with one attached hydrogen (secondary N) is 1. The Bertz CT molecular complexity index is 1160. The number of hydrogen-bond acceptors (Lipinski definition) is 3. The Labute approximate surface area is 170 Å². The molecule has 0 saturated heterocycles. The third kappa shape index (κ3) is 3.15. The number of aromatic amines is 1. The first-order valence-electron chi connectivity index (χ1n) is 9.99. The zero-order valence-corrected chi connectivity index (χ0v) is 16.4. The molecule has 0 bridgehead atoms. The monoisotopic (exact) mass is 384 g/mol. The van der Waals surface area contributed by atoms with Gasteiger partial charge in [0.05, 0.1) is 13.2 Å². The largest absolute Gasteiger partial charge is 0.508 e. The van der Waals surface area contributed by atoms with E-state index in [0.29, 0.717) is 5.75 Å². The Morgan fingerprint density at radius 1 is 1.03 bits per heavy atom. The van der Waals surface area contributed by atoms with Gasteiger partial charge in [0, 0.05) is 35.2 Å². The number of rotatable bonds is 4. The molecule has 4 heteroatoms. The van der Waals surface area contributed by atoms with Crippen LogP contribution in [0.2, 0.25) is 0 Å². The topological polar surface area (TPSA) is 48.5 Å².